The first-order valence-corrected chi connectivity index (χ1v) is 13.8. The zero-order valence-corrected chi connectivity index (χ0v) is 23.6. The molecule has 5 nitrogen and oxygen atoms in total. The number of benzene rings is 2. The third-order valence-corrected chi connectivity index (χ3v) is 7.63. The quantitative estimate of drug-likeness (QED) is 0.202. The van der Waals surface area contributed by atoms with Crippen LogP contribution in [0, 0.1) is 6.92 Å². The van der Waals surface area contributed by atoms with Gasteiger partial charge in [0.1, 0.15) is 0 Å². The number of aryl methyl sites for hydroxylation is 1. The molecule has 0 bridgehead atoms. The fourth-order valence-corrected chi connectivity index (χ4v) is 4.75. The summed E-state index contributed by atoms with van der Waals surface area (Å²) in [6.07, 6.45) is 7.48. The lowest BCUT2D eigenvalue weighted by atomic mass is 10.2. The maximum absolute atomic E-state index is 12.0. The van der Waals surface area contributed by atoms with Gasteiger partial charge < -0.3 is 20.4 Å². The molecule has 0 saturated carbocycles. The van der Waals surface area contributed by atoms with E-state index in [0.717, 1.165) is 85.4 Å². The van der Waals surface area contributed by atoms with Gasteiger partial charge in [-0.25, -0.2) is 0 Å². The van der Waals surface area contributed by atoms with E-state index in [4.69, 9.17) is 47.0 Å². The standard InChI is InChI=1S/C27H33Cl3N4OS/c1-20-6-9-22(19-24(20)29)32-27(36)34-15-5-14-33(16-17-34)13-4-2-3-12-31-26(35)11-8-21-7-10-23(28)25(30)18-21/h6-11,18-19H,2-5,12-17H2,1H3,(H,31,35)(H,32,36)/b11-8+. The van der Waals surface area contributed by atoms with E-state index in [0.29, 0.717) is 16.6 Å². The molecular weight excluding hydrogens is 535 g/mol. The number of thiocarbonyl (C=S) groups is 1. The number of halogens is 3. The zero-order valence-electron chi connectivity index (χ0n) is 20.5. The van der Waals surface area contributed by atoms with Crippen LogP contribution >= 0.6 is 47.0 Å². The van der Waals surface area contributed by atoms with Crippen molar-refractivity contribution in [3.8, 4) is 0 Å². The highest BCUT2D eigenvalue weighted by Gasteiger charge is 2.17. The molecule has 1 amide bonds. The summed E-state index contributed by atoms with van der Waals surface area (Å²) in [7, 11) is 0. The van der Waals surface area contributed by atoms with E-state index in [1.54, 1.807) is 18.2 Å². The number of carbonyl (C=O) groups is 1. The molecule has 194 valence electrons. The Hall–Kier alpha value is -1.83. The largest absolute Gasteiger partial charge is 0.353 e. The molecule has 1 saturated heterocycles. The molecule has 1 heterocycles. The molecule has 2 aromatic carbocycles. The monoisotopic (exact) mass is 566 g/mol. The van der Waals surface area contributed by atoms with Crippen molar-refractivity contribution in [2.75, 3.05) is 44.6 Å². The van der Waals surface area contributed by atoms with Gasteiger partial charge in [0.2, 0.25) is 5.91 Å². The van der Waals surface area contributed by atoms with Crippen LogP contribution in [0.15, 0.2) is 42.5 Å². The van der Waals surface area contributed by atoms with Gasteiger partial charge in [-0.05, 0) is 93.0 Å². The summed E-state index contributed by atoms with van der Waals surface area (Å²) in [5.74, 6) is -0.105. The smallest absolute Gasteiger partial charge is 0.243 e. The Morgan fingerprint density at radius 2 is 1.81 bits per heavy atom. The van der Waals surface area contributed by atoms with Crippen molar-refractivity contribution in [2.45, 2.75) is 32.6 Å². The molecule has 1 aliphatic heterocycles. The molecule has 0 aromatic heterocycles. The van der Waals surface area contributed by atoms with Crippen LogP contribution < -0.4 is 10.6 Å². The summed E-state index contributed by atoms with van der Waals surface area (Å²) in [4.78, 5) is 16.8. The number of rotatable bonds is 9. The van der Waals surface area contributed by atoms with Gasteiger partial charge in [-0.2, -0.15) is 0 Å². The molecule has 0 spiro atoms. The van der Waals surface area contributed by atoms with Crippen LogP contribution in [0.2, 0.25) is 15.1 Å². The zero-order chi connectivity index (χ0) is 25.9. The van der Waals surface area contributed by atoms with Crippen molar-refractivity contribution < 1.29 is 4.79 Å². The van der Waals surface area contributed by atoms with Crippen LogP contribution in [-0.4, -0.2) is 60.1 Å². The topological polar surface area (TPSA) is 47.6 Å². The number of hydrogen-bond donors (Lipinski definition) is 2. The van der Waals surface area contributed by atoms with Gasteiger partial charge in [0.15, 0.2) is 5.11 Å². The van der Waals surface area contributed by atoms with E-state index in [9.17, 15) is 4.79 Å². The Balaban J connectivity index is 1.28. The molecule has 3 rings (SSSR count). The van der Waals surface area contributed by atoms with Crippen molar-refractivity contribution in [3.63, 3.8) is 0 Å². The number of nitrogens with one attached hydrogen (secondary N) is 2. The molecule has 36 heavy (non-hydrogen) atoms. The average Bonchev–Trinajstić information content (AvgIpc) is 3.10. The van der Waals surface area contributed by atoms with E-state index in [1.165, 1.54) is 6.08 Å². The lowest BCUT2D eigenvalue weighted by molar-refractivity contribution is -0.116. The number of unbranched alkanes of at least 4 members (excludes halogenated alkanes) is 2. The fourth-order valence-electron chi connectivity index (χ4n) is 3.97. The molecule has 1 aliphatic rings. The molecule has 0 radical (unpaired) electrons. The summed E-state index contributed by atoms with van der Waals surface area (Å²) in [6, 6.07) is 11.2. The minimum Gasteiger partial charge on any atom is -0.353 e. The van der Waals surface area contributed by atoms with E-state index < -0.39 is 0 Å². The van der Waals surface area contributed by atoms with Crippen LogP contribution in [0.3, 0.4) is 0 Å². The maximum atomic E-state index is 12.0. The fraction of sp³-hybridized carbons (Fsp3) is 0.407. The molecular formula is C27H33Cl3N4OS. The summed E-state index contributed by atoms with van der Waals surface area (Å²) >= 11 is 23.8. The minimum absolute atomic E-state index is 0.105. The Bertz CT molecular complexity index is 1080. The van der Waals surface area contributed by atoms with Gasteiger partial charge in [0.25, 0.3) is 0 Å². The van der Waals surface area contributed by atoms with Crippen molar-refractivity contribution in [1.29, 1.82) is 0 Å². The Kier molecular flexibility index (Phi) is 11.8. The van der Waals surface area contributed by atoms with E-state index in [2.05, 4.69) is 20.4 Å². The molecule has 0 unspecified atom stereocenters. The van der Waals surface area contributed by atoms with Crippen LogP contribution in [0.25, 0.3) is 6.08 Å². The van der Waals surface area contributed by atoms with Gasteiger partial charge in [-0.15, -0.1) is 0 Å². The van der Waals surface area contributed by atoms with Crippen LogP contribution in [0.1, 0.15) is 36.8 Å². The van der Waals surface area contributed by atoms with Gasteiger partial charge in [0.05, 0.1) is 10.0 Å². The lowest BCUT2D eigenvalue weighted by Gasteiger charge is -2.25. The molecule has 0 atom stereocenters. The summed E-state index contributed by atoms with van der Waals surface area (Å²) in [6.45, 7) is 7.64. The average molecular weight is 568 g/mol. The minimum atomic E-state index is -0.105. The van der Waals surface area contributed by atoms with Crippen molar-refractivity contribution in [3.05, 3.63) is 68.7 Å². The second-order valence-electron chi connectivity index (χ2n) is 8.93. The molecule has 2 aromatic rings. The lowest BCUT2D eigenvalue weighted by Crippen LogP contribution is -2.38. The van der Waals surface area contributed by atoms with Crippen molar-refractivity contribution >= 4 is 69.8 Å². The van der Waals surface area contributed by atoms with E-state index >= 15 is 0 Å². The normalized spacial score (nSPS) is 14.6. The molecule has 0 aliphatic carbocycles. The first kappa shape index (κ1) is 28.7. The SMILES string of the molecule is Cc1ccc(NC(=S)N2CCCN(CCCCCNC(=O)/C=C/c3ccc(Cl)c(Cl)c3)CC2)cc1Cl. The molecule has 9 heteroatoms. The predicted octanol–water partition coefficient (Wildman–Crippen LogP) is 6.66. The third-order valence-electron chi connectivity index (χ3n) is 6.12. The highest BCUT2D eigenvalue weighted by Crippen LogP contribution is 2.23. The number of nitrogens with zero attached hydrogens (tertiary/aromatic N) is 2. The predicted molar refractivity (Wildman–Crippen MR) is 157 cm³/mol. The van der Waals surface area contributed by atoms with Crippen LogP contribution in [0.5, 0.6) is 0 Å². The highest BCUT2D eigenvalue weighted by molar-refractivity contribution is 7.80. The van der Waals surface area contributed by atoms with Gasteiger partial charge >= 0.3 is 0 Å². The van der Waals surface area contributed by atoms with Crippen molar-refractivity contribution in [2.24, 2.45) is 0 Å². The van der Waals surface area contributed by atoms with Gasteiger partial charge in [-0.1, -0.05) is 53.4 Å². The Morgan fingerprint density at radius 3 is 2.58 bits per heavy atom. The summed E-state index contributed by atoms with van der Waals surface area (Å²) < 4.78 is 0. The van der Waals surface area contributed by atoms with Crippen LogP contribution in [0.4, 0.5) is 5.69 Å². The van der Waals surface area contributed by atoms with Crippen LogP contribution in [-0.2, 0) is 4.79 Å². The first-order chi connectivity index (χ1) is 17.3. The number of amides is 1. The first-order valence-electron chi connectivity index (χ1n) is 12.3. The Morgan fingerprint density at radius 1 is 0.972 bits per heavy atom. The van der Waals surface area contributed by atoms with Gasteiger partial charge in [-0.3, -0.25) is 4.79 Å². The number of carbonyl (C=O) groups excluding carboxylic acids is 1. The third kappa shape index (κ3) is 9.56. The molecule has 2 N–H and O–H groups in total. The second kappa shape index (κ2) is 14.8. The van der Waals surface area contributed by atoms with E-state index in [1.807, 2.05) is 31.2 Å². The summed E-state index contributed by atoms with van der Waals surface area (Å²) in [5.41, 5.74) is 2.82. The number of anilines is 1. The van der Waals surface area contributed by atoms with Gasteiger partial charge in [0, 0.05) is 43.0 Å². The van der Waals surface area contributed by atoms with Crippen molar-refractivity contribution in [1.82, 2.24) is 15.1 Å². The Labute approximate surface area is 234 Å². The number of hydrogen-bond acceptors (Lipinski definition) is 3. The second-order valence-corrected chi connectivity index (χ2v) is 10.5. The van der Waals surface area contributed by atoms with E-state index in [-0.39, 0.29) is 5.91 Å². The molecule has 1 fully saturated rings. The highest BCUT2D eigenvalue weighted by atomic mass is 35.5. The maximum Gasteiger partial charge on any atom is 0.243 e. The summed E-state index contributed by atoms with van der Waals surface area (Å²) in [5, 5.41) is 8.73.